The van der Waals surface area contributed by atoms with Gasteiger partial charge < -0.3 is 10.7 Å². The van der Waals surface area contributed by atoms with E-state index in [0.717, 1.165) is 6.07 Å². The number of aromatic amines is 1. The van der Waals surface area contributed by atoms with Gasteiger partial charge in [0.15, 0.2) is 0 Å². The van der Waals surface area contributed by atoms with Crippen molar-refractivity contribution in [3.05, 3.63) is 52.0 Å². The van der Waals surface area contributed by atoms with E-state index in [1.54, 1.807) is 12.3 Å². The second-order valence-corrected chi connectivity index (χ2v) is 4.99. The Morgan fingerprint density at radius 3 is 2.68 bits per heavy atom. The monoisotopic (exact) mass is 333 g/mol. The van der Waals surface area contributed by atoms with Gasteiger partial charge in [-0.1, -0.05) is 22.0 Å². The molecular weight excluding hydrogens is 323 g/mol. The smallest absolute Gasteiger partial charge is 0.349 e. The summed E-state index contributed by atoms with van der Waals surface area (Å²) in [6, 6.07) is 3.21. The fourth-order valence-electron chi connectivity index (χ4n) is 1.83. The van der Waals surface area contributed by atoms with E-state index in [4.69, 9.17) is 5.73 Å². The molecule has 102 valence electrons. The summed E-state index contributed by atoms with van der Waals surface area (Å²) in [4.78, 5) is 6.79. The predicted molar refractivity (Wildman–Crippen MR) is 68.4 cm³/mol. The van der Waals surface area contributed by atoms with Gasteiger partial charge in [-0.15, -0.1) is 0 Å². The summed E-state index contributed by atoms with van der Waals surface area (Å²) in [6.45, 7) is 0. The van der Waals surface area contributed by atoms with E-state index >= 15 is 0 Å². The van der Waals surface area contributed by atoms with Crippen LogP contribution in [0, 0.1) is 0 Å². The van der Waals surface area contributed by atoms with Crippen LogP contribution >= 0.6 is 15.9 Å². The van der Waals surface area contributed by atoms with Gasteiger partial charge in [-0.25, -0.2) is 4.98 Å². The molecule has 1 unspecified atom stereocenters. The maximum absolute atomic E-state index is 13.0. The fraction of sp³-hybridized carbons (Fsp3) is 0.250. The van der Waals surface area contributed by atoms with Gasteiger partial charge in [0.05, 0.1) is 5.56 Å². The number of alkyl halides is 3. The molecule has 19 heavy (non-hydrogen) atoms. The largest absolute Gasteiger partial charge is 0.416 e. The normalized spacial score (nSPS) is 13.5. The Morgan fingerprint density at radius 1 is 1.37 bits per heavy atom. The number of halogens is 4. The Bertz CT molecular complexity index is 552. The second kappa shape index (κ2) is 5.34. The first-order valence-electron chi connectivity index (χ1n) is 5.48. The third-order valence-corrected chi connectivity index (χ3v) is 3.18. The summed E-state index contributed by atoms with van der Waals surface area (Å²) >= 11 is 3.04. The van der Waals surface area contributed by atoms with Crippen molar-refractivity contribution in [1.82, 2.24) is 9.97 Å². The average Bonchev–Trinajstić information content (AvgIpc) is 2.80. The van der Waals surface area contributed by atoms with E-state index in [1.165, 1.54) is 12.3 Å². The molecule has 2 rings (SSSR count). The van der Waals surface area contributed by atoms with Gasteiger partial charge in [-0.05, 0) is 17.7 Å². The van der Waals surface area contributed by atoms with Crippen molar-refractivity contribution in [3.8, 4) is 0 Å². The van der Waals surface area contributed by atoms with E-state index in [-0.39, 0.29) is 12.0 Å². The van der Waals surface area contributed by atoms with E-state index < -0.39 is 17.8 Å². The standard InChI is InChI=1S/C12H11BrF3N3/c13-7-1-2-8(9(5-7)12(14,15)16)10(17)6-11-18-3-4-19-11/h1-5,10H,6,17H2,(H,18,19). The van der Waals surface area contributed by atoms with Gasteiger partial charge in [0.2, 0.25) is 0 Å². The molecule has 1 aromatic heterocycles. The molecule has 0 aliphatic heterocycles. The number of nitrogens with two attached hydrogens (primary N) is 1. The lowest BCUT2D eigenvalue weighted by Gasteiger charge is -2.18. The van der Waals surface area contributed by atoms with Crippen LogP contribution in [-0.2, 0) is 12.6 Å². The lowest BCUT2D eigenvalue weighted by molar-refractivity contribution is -0.138. The number of rotatable bonds is 3. The molecular formula is C12H11BrF3N3. The molecule has 1 atom stereocenters. The molecule has 2 aromatic rings. The molecule has 1 heterocycles. The molecule has 0 bridgehead atoms. The van der Waals surface area contributed by atoms with E-state index in [0.29, 0.717) is 10.3 Å². The van der Waals surface area contributed by atoms with Gasteiger partial charge >= 0.3 is 6.18 Å². The first-order chi connectivity index (χ1) is 8.88. The lowest BCUT2D eigenvalue weighted by Crippen LogP contribution is -2.19. The highest BCUT2D eigenvalue weighted by Gasteiger charge is 2.34. The van der Waals surface area contributed by atoms with E-state index in [1.807, 2.05) is 0 Å². The van der Waals surface area contributed by atoms with Crippen LogP contribution in [0.15, 0.2) is 35.1 Å². The predicted octanol–water partition coefficient (Wildman–Crippen LogP) is 3.43. The summed E-state index contributed by atoms with van der Waals surface area (Å²) in [6.07, 6.45) is -1.07. The molecule has 0 fully saturated rings. The molecule has 0 aliphatic rings. The maximum Gasteiger partial charge on any atom is 0.416 e. The Kier molecular flexibility index (Phi) is 3.96. The van der Waals surface area contributed by atoms with Crippen LogP contribution in [-0.4, -0.2) is 9.97 Å². The molecule has 0 spiro atoms. The van der Waals surface area contributed by atoms with Crippen LogP contribution in [0.3, 0.4) is 0 Å². The summed E-state index contributed by atoms with van der Waals surface area (Å²) in [5.41, 5.74) is 5.20. The van der Waals surface area contributed by atoms with Crippen molar-refractivity contribution >= 4 is 15.9 Å². The highest BCUT2D eigenvalue weighted by molar-refractivity contribution is 9.10. The molecule has 0 saturated carbocycles. The lowest BCUT2D eigenvalue weighted by atomic mass is 9.98. The Hall–Kier alpha value is -1.34. The van der Waals surface area contributed by atoms with E-state index in [9.17, 15) is 13.2 Å². The van der Waals surface area contributed by atoms with Crippen LogP contribution in [0.25, 0.3) is 0 Å². The molecule has 1 aromatic carbocycles. The third-order valence-electron chi connectivity index (χ3n) is 2.69. The number of benzene rings is 1. The van der Waals surface area contributed by atoms with Crippen molar-refractivity contribution < 1.29 is 13.2 Å². The Balaban J connectivity index is 2.33. The molecule has 0 radical (unpaired) electrons. The van der Waals surface area contributed by atoms with Crippen LogP contribution in [0.2, 0.25) is 0 Å². The second-order valence-electron chi connectivity index (χ2n) is 4.08. The zero-order valence-corrected chi connectivity index (χ0v) is 11.3. The van der Waals surface area contributed by atoms with Crippen LogP contribution < -0.4 is 5.73 Å². The quantitative estimate of drug-likeness (QED) is 0.904. The van der Waals surface area contributed by atoms with Crippen molar-refractivity contribution in [1.29, 1.82) is 0 Å². The van der Waals surface area contributed by atoms with Gasteiger partial charge in [-0.2, -0.15) is 13.2 Å². The zero-order valence-electron chi connectivity index (χ0n) is 9.71. The number of aromatic nitrogens is 2. The highest BCUT2D eigenvalue weighted by Crippen LogP contribution is 2.36. The summed E-state index contributed by atoms with van der Waals surface area (Å²) < 4.78 is 39.3. The van der Waals surface area contributed by atoms with Gasteiger partial charge in [0.1, 0.15) is 5.82 Å². The summed E-state index contributed by atoms with van der Waals surface area (Å²) in [5.74, 6) is 0.559. The van der Waals surface area contributed by atoms with Crippen molar-refractivity contribution in [2.24, 2.45) is 5.73 Å². The van der Waals surface area contributed by atoms with Crippen molar-refractivity contribution in [3.63, 3.8) is 0 Å². The van der Waals surface area contributed by atoms with Crippen LogP contribution in [0.4, 0.5) is 13.2 Å². The van der Waals surface area contributed by atoms with E-state index in [2.05, 4.69) is 25.9 Å². The molecule has 0 amide bonds. The number of nitrogens with one attached hydrogen (secondary N) is 1. The molecule has 0 aliphatic carbocycles. The number of hydrogen-bond donors (Lipinski definition) is 2. The average molecular weight is 334 g/mol. The number of hydrogen-bond acceptors (Lipinski definition) is 2. The molecule has 3 nitrogen and oxygen atoms in total. The fourth-order valence-corrected chi connectivity index (χ4v) is 2.19. The van der Waals surface area contributed by atoms with Gasteiger partial charge in [0.25, 0.3) is 0 Å². The summed E-state index contributed by atoms with van der Waals surface area (Å²) in [5, 5.41) is 0. The highest BCUT2D eigenvalue weighted by atomic mass is 79.9. The van der Waals surface area contributed by atoms with Crippen molar-refractivity contribution in [2.75, 3.05) is 0 Å². The Labute approximate surface area is 116 Å². The minimum Gasteiger partial charge on any atom is -0.349 e. The number of nitrogens with zero attached hydrogens (tertiary/aromatic N) is 1. The summed E-state index contributed by atoms with van der Waals surface area (Å²) in [7, 11) is 0. The number of imidazole rings is 1. The maximum atomic E-state index is 13.0. The molecule has 0 saturated heterocycles. The van der Waals surface area contributed by atoms with Gasteiger partial charge in [0, 0.05) is 29.3 Å². The molecule has 7 heteroatoms. The SMILES string of the molecule is NC(Cc1ncc[nH]1)c1ccc(Br)cc1C(F)(F)F. The Morgan fingerprint density at radius 2 is 2.11 bits per heavy atom. The van der Waals surface area contributed by atoms with Crippen molar-refractivity contribution in [2.45, 2.75) is 18.6 Å². The topological polar surface area (TPSA) is 54.7 Å². The van der Waals surface area contributed by atoms with Crippen LogP contribution in [0.1, 0.15) is 23.0 Å². The third kappa shape index (κ3) is 3.36. The molecule has 3 N–H and O–H groups in total. The minimum absolute atomic E-state index is 0.0621. The van der Waals surface area contributed by atoms with Gasteiger partial charge in [-0.3, -0.25) is 0 Å². The minimum atomic E-state index is -4.43. The van der Waals surface area contributed by atoms with Crippen LogP contribution in [0.5, 0.6) is 0 Å². The number of H-pyrrole nitrogens is 1. The first kappa shape index (κ1) is 14.1. The first-order valence-corrected chi connectivity index (χ1v) is 6.27. The zero-order chi connectivity index (χ0) is 14.0.